The molecule has 0 aliphatic rings. The molecule has 9 heteroatoms. The Balaban J connectivity index is 3.97. The van der Waals surface area contributed by atoms with E-state index in [1.807, 2.05) is 21.1 Å². The molecule has 0 rings (SSSR count). The lowest BCUT2D eigenvalue weighted by molar-refractivity contribution is -0.870. The van der Waals surface area contributed by atoms with Crippen molar-refractivity contribution in [3.8, 4) is 0 Å². The van der Waals surface area contributed by atoms with Crippen LogP contribution in [0.5, 0.6) is 0 Å². The van der Waals surface area contributed by atoms with Crippen LogP contribution >= 0.6 is 0 Å². The molecule has 542 valence electrons. The number of unbranched alkanes of at least 4 members (excludes halogenated alkanes) is 56. The number of ether oxygens (including phenoxy) is 4. The van der Waals surface area contributed by atoms with Crippen LogP contribution in [0.1, 0.15) is 418 Å². The first-order valence-electron chi connectivity index (χ1n) is 40.6. The molecule has 9 nitrogen and oxygen atoms in total. The fraction of sp³-hybridized carbons (Fsp3) is 0.892. The highest BCUT2D eigenvalue weighted by Gasteiger charge is 2.22. The van der Waals surface area contributed by atoms with Crippen LogP contribution in [0.3, 0.4) is 0 Å². The Kier molecular flexibility index (Phi) is 72.3. The smallest absolute Gasteiger partial charge is 0.306 e. The Morgan fingerprint density at radius 2 is 0.587 bits per heavy atom. The van der Waals surface area contributed by atoms with E-state index in [-0.39, 0.29) is 32.2 Å². The van der Waals surface area contributed by atoms with Crippen molar-refractivity contribution in [2.24, 2.45) is 0 Å². The Morgan fingerprint density at radius 3 is 0.870 bits per heavy atom. The van der Waals surface area contributed by atoms with Gasteiger partial charge in [-0.15, -0.1) is 0 Å². The molecule has 0 aliphatic heterocycles. The van der Waals surface area contributed by atoms with Crippen LogP contribution in [0, 0.1) is 0 Å². The van der Waals surface area contributed by atoms with Crippen LogP contribution in [0.25, 0.3) is 0 Å². The summed E-state index contributed by atoms with van der Waals surface area (Å²) in [4.78, 5) is 37.6. The van der Waals surface area contributed by atoms with E-state index < -0.39 is 24.3 Å². The highest BCUT2D eigenvalue weighted by Crippen LogP contribution is 2.20. The topological polar surface area (TPSA) is 111 Å². The number of hydrogen-bond donors (Lipinski definition) is 0. The van der Waals surface area contributed by atoms with Crippen molar-refractivity contribution in [2.45, 2.75) is 431 Å². The minimum atomic E-state index is -1.62. The molecule has 0 saturated heterocycles. The molecule has 0 aromatic heterocycles. The van der Waals surface area contributed by atoms with Gasteiger partial charge in [0.05, 0.1) is 40.3 Å². The predicted octanol–water partition coefficient (Wildman–Crippen LogP) is 24.5. The van der Waals surface area contributed by atoms with Gasteiger partial charge < -0.3 is 33.3 Å². The number of likely N-dealkylation sites (N-methyl/N-ethyl adjacent to an activating group) is 1. The molecule has 0 N–H and O–H groups in total. The molecule has 0 spiro atoms. The number of rotatable bonds is 77. The van der Waals surface area contributed by atoms with E-state index in [1.165, 1.54) is 340 Å². The maximum Gasteiger partial charge on any atom is 0.306 e. The van der Waals surface area contributed by atoms with Crippen molar-refractivity contribution in [1.82, 2.24) is 0 Å². The maximum atomic E-state index is 13.0. The van der Waals surface area contributed by atoms with Gasteiger partial charge >= 0.3 is 11.9 Å². The van der Waals surface area contributed by atoms with E-state index in [4.69, 9.17) is 18.9 Å². The van der Waals surface area contributed by atoms with Gasteiger partial charge in [-0.1, -0.05) is 391 Å². The largest absolute Gasteiger partial charge is 0.545 e. The maximum absolute atomic E-state index is 13.0. The van der Waals surface area contributed by atoms with Gasteiger partial charge in [0.2, 0.25) is 0 Å². The van der Waals surface area contributed by atoms with Gasteiger partial charge in [0.15, 0.2) is 12.4 Å². The molecular weight excluding hydrogens is 1140 g/mol. The Labute approximate surface area is 572 Å². The number of aliphatic carboxylic acids is 1. The average Bonchev–Trinajstić information content (AvgIpc) is 3.69. The van der Waals surface area contributed by atoms with Gasteiger partial charge in [-0.05, 0) is 51.4 Å². The first-order chi connectivity index (χ1) is 45.1. The number of carbonyl (C=O) groups is 3. The van der Waals surface area contributed by atoms with E-state index in [2.05, 4.69) is 50.3 Å². The number of hydrogen-bond acceptors (Lipinski definition) is 8. The van der Waals surface area contributed by atoms with Gasteiger partial charge in [-0.3, -0.25) is 9.59 Å². The van der Waals surface area contributed by atoms with E-state index in [1.54, 1.807) is 0 Å². The summed E-state index contributed by atoms with van der Waals surface area (Å²) in [5.74, 6) is -2.25. The van der Waals surface area contributed by atoms with Crippen molar-refractivity contribution in [3.05, 3.63) is 36.5 Å². The number of nitrogens with zero attached hydrogens (tertiary/aromatic N) is 1. The van der Waals surface area contributed by atoms with Crippen molar-refractivity contribution < 1.29 is 42.9 Å². The van der Waals surface area contributed by atoms with Crippen molar-refractivity contribution in [2.75, 3.05) is 47.5 Å². The zero-order chi connectivity index (χ0) is 66.8. The molecule has 0 aliphatic carbocycles. The van der Waals surface area contributed by atoms with Crippen molar-refractivity contribution >= 4 is 17.9 Å². The Hall–Kier alpha value is -2.49. The fourth-order valence-electron chi connectivity index (χ4n) is 12.4. The van der Waals surface area contributed by atoms with Gasteiger partial charge in [-0.2, -0.15) is 0 Å². The lowest BCUT2D eigenvalue weighted by atomic mass is 10.0. The average molecular weight is 1300 g/mol. The summed E-state index contributed by atoms with van der Waals surface area (Å²) in [5, 5.41) is 11.9. The summed E-state index contributed by atoms with van der Waals surface area (Å²) in [6.45, 7) is 4.82. The molecule has 0 saturated carbocycles. The van der Waals surface area contributed by atoms with Crippen LogP contribution in [0.2, 0.25) is 0 Å². The summed E-state index contributed by atoms with van der Waals surface area (Å²) in [6, 6.07) is 0. The number of carboxylic acids is 1. The minimum Gasteiger partial charge on any atom is -0.545 e. The SMILES string of the molecule is CCCCCCC/C=C\C/C=C\C/C=C\CCCCCCCCCCCCCCCCCCCCC(=O)OC(COC(=O)CCCCCCCCCCCCCCCCCCCCCCCCCCCCCCCCCCCC)COC(OCC[N+](C)(C)C)C(=O)[O-]. The first-order valence-corrected chi connectivity index (χ1v) is 40.6. The molecule has 0 radical (unpaired) electrons. The van der Waals surface area contributed by atoms with Crippen LogP contribution in [-0.4, -0.2) is 82.3 Å². The van der Waals surface area contributed by atoms with Crippen LogP contribution in [-0.2, 0) is 33.3 Å². The normalized spacial score (nSPS) is 12.8. The minimum absolute atomic E-state index is 0.151. The highest BCUT2D eigenvalue weighted by molar-refractivity contribution is 5.70. The molecule has 0 aromatic carbocycles. The van der Waals surface area contributed by atoms with Gasteiger partial charge in [0.25, 0.3) is 0 Å². The van der Waals surface area contributed by atoms with Crippen LogP contribution in [0.15, 0.2) is 36.5 Å². The third-order valence-corrected chi connectivity index (χ3v) is 18.6. The third-order valence-electron chi connectivity index (χ3n) is 18.6. The van der Waals surface area contributed by atoms with Crippen molar-refractivity contribution in [1.29, 1.82) is 0 Å². The van der Waals surface area contributed by atoms with E-state index in [9.17, 15) is 19.5 Å². The highest BCUT2D eigenvalue weighted by atomic mass is 16.7. The second-order valence-corrected chi connectivity index (χ2v) is 29.1. The van der Waals surface area contributed by atoms with Gasteiger partial charge in [0, 0.05) is 12.8 Å². The summed E-state index contributed by atoms with van der Waals surface area (Å²) < 4.78 is 22.9. The van der Waals surface area contributed by atoms with Gasteiger partial charge in [0.1, 0.15) is 13.2 Å². The molecule has 0 fully saturated rings. The first kappa shape index (κ1) is 89.5. The van der Waals surface area contributed by atoms with E-state index in [0.29, 0.717) is 17.4 Å². The molecule has 92 heavy (non-hydrogen) atoms. The molecule has 0 heterocycles. The standard InChI is InChI=1S/C83H157NO8/c1-6-8-10-12-14-16-18-20-22-24-26-28-30-32-34-36-38-40-42-43-45-47-49-51-53-55-57-59-61-63-65-67-69-71-73-80(85)90-77-79(78-91-83(82(87)88)89-76-75-84(3,4)5)92-81(86)74-72-70-68-66-64-62-60-58-56-54-52-50-48-46-44-41-39-37-35-33-31-29-27-25-23-21-19-17-15-13-11-9-7-2/h19,21,25,27,31,33,79,83H,6-18,20,22-24,26,28-30,32,34-78H2,1-5H3/b21-19-,27-25-,33-31-. The second-order valence-electron chi connectivity index (χ2n) is 29.1. The number of quaternary nitrogens is 1. The predicted molar refractivity (Wildman–Crippen MR) is 394 cm³/mol. The zero-order valence-corrected chi connectivity index (χ0v) is 62.2. The lowest BCUT2D eigenvalue weighted by Crippen LogP contribution is -2.44. The van der Waals surface area contributed by atoms with Crippen LogP contribution in [0.4, 0.5) is 0 Å². The summed E-state index contributed by atoms with van der Waals surface area (Å²) in [6.07, 6.45) is 92.8. The number of allylic oxidation sites excluding steroid dienone is 6. The zero-order valence-electron chi connectivity index (χ0n) is 62.2. The lowest BCUT2D eigenvalue weighted by Gasteiger charge is -2.26. The molecular formula is C83H157NO8. The van der Waals surface area contributed by atoms with E-state index in [0.717, 1.165) is 51.4 Å². The monoisotopic (exact) mass is 1300 g/mol. The van der Waals surface area contributed by atoms with Gasteiger partial charge in [-0.25, -0.2) is 0 Å². The Bertz CT molecular complexity index is 1600. The second kappa shape index (κ2) is 74.3. The molecule has 2 atom stereocenters. The number of esters is 2. The summed E-state index contributed by atoms with van der Waals surface area (Å²) >= 11 is 0. The Morgan fingerprint density at radius 1 is 0.326 bits per heavy atom. The third kappa shape index (κ3) is 74.9. The molecule has 2 unspecified atom stereocenters. The number of carbonyl (C=O) groups excluding carboxylic acids is 3. The molecule has 0 aromatic rings. The van der Waals surface area contributed by atoms with Crippen molar-refractivity contribution in [3.63, 3.8) is 0 Å². The molecule has 0 amide bonds. The molecule has 0 bridgehead atoms. The number of carboxylic acid groups (broad SMARTS) is 1. The summed E-state index contributed by atoms with van der Waals surface area (Å²) in [7, 11) is 5.95. The fourth-order valence-corrected chi connectivity index (χ4v) is 12.4. The van der Waals surface area contributed by atoms with Crippen LogP contribution < -0.4 is 5.11 Å². The van der Waals surface area contributed by atoms with E-state index >= 15 is 0 Å². The quantitative estimate of drug-likeness (QED) is 0.0195. The summed E-state index contributed by atoms with van der Waals surface area (Å²) in [5.41, 5.74) is 0.